The molecule has 1 saturated heterocycles. The minimum absolute atomic E-state index is 0.483. The zero-order chi connectivity index (χ0) is 11.8. The molecule has 16 heavy (non-hydrogen) atoms. The molecule has 1 saturated carbocycles. The Hall–Kier alpha value is -0.0800. The van der Waals surface area contributed by atoms with Gasteiger partial charge in [-0.2, -0.15) is 0 Å². The highest BCUT2D eigenvalue weighted by atomic mass is 15.2. The molecule has 94 valence electrons. The Labute approximate surface area is 101 Å². The molecule has 0 aromatic rings. The van der Waals surface area contributed by atoms with Crippen molar-refractivity contribution in [2.75, 3.05) is 13.1 Å². The van der Waals surface area contributed by atoms with E-state index in [1.165, 1.54) is 38.8 Å². The minimum Gasteiger partial charge on any atom is -0.312 e. The Morgan fingerprint density at radius 3 is 2.38 bits per heavy atom. The van der Waals surface area contributed by atoms with Crippen LogP contribution < -0.4 is 5.32 Å². The summed E-state index contributed by atoms with van der Waals surface area (Å²) in [5.74, 6) is 0. The molecule has 0 aromatic carbocycles. The van der Waals surface area contributed by atoms with Crippen LogP contribution in [0.5, 0.6) is 0 Å². The summed E-state index contributed by atoms with van der Waals surface area (Å²) in [6.45, 7) is 12.0. The lowest BCUT2D eigenvalue weighted by Crippen LogP contribution is -2.52. The maximum Gasteiger partial charge on any atom is 0.0246 e. The molecule has 2 heteroatoms. The van der Waals surface area contributed by atoms with Crippen molar-refractivity contribution in [1.29, 1.82) is 0 Å². The fraction of sp³-hybridized carbons (Fsp3) is 1.00. The summed E-state index contributed by atoms with van der Waals surface area (Å²) in [5.41, 5.74) is 0.483. The lowest BCUT2D eigenvalue weighted by atomic mass is 9.83. The topological polar surface area (TPSA) is 15.3 Å². The van der Waals surface area contributed by atoms with Crippen molar-refractivity contribution in [2.45, 2.75) is 71.5 Å². The zero-order valence-electron chi connectivity index (χ0n) is 11.4. The molecule has 0 bridgehead atoms. The van der Waals surface area contributed by atoms with Gasteiger partial charge in [-0.25, -0.2) is 0 Å². The van der Waals surface area contributed by atoms with Gasteiger partial charge in [-0.1, -0.05) is 20.3 Å². The van der Waals surface area contributed by atoms with Crippen molar-refractivity contribution in [3.63, 3.8) is 0 Å². The van der Waals surface area contributed by atoms with E-state index in [0.29, 0.717) is 17.5 Å². The van der Waals surface area contributed by atoms with Gasteiger partial charge in [0.1, 0.15) is 0 Å². The van der Waals surface area contributed by atoms with Crippen molar-refractivity contribution in [1.82, 2.24) is 10.2 Å². The van der Waals surface area contributed by atoms with Gasteiger partial charge in [-0.15, -0.1) is 0 Å². The van der Waals surface area contributed by atoms with E-state index < -0.39 is 0 Å². The van der Waals surface area contributed by atoms with E-state index in [9.17, 15) is 0 Å². The Morgan fingerprint density at radius 2 is 2.00 bits per heavy atom. The molecule has 1 unspecified atom stereocenters. The molecule has 1 atom stereocenters. The number of nitrogens with zero attached hydrogens (tertiary/aromatic N) is 1. The number of hydrogen-bond acceptors (Lipinski definition) is 2. The summed E-state index contributed by atoms with van der Waals surface area (Å²) in [5, 5.41) is 3.69. The van der Waals surface area contributed by atoms with Crippen LogP contribution in [0.2, 0.25) is 0 Å². The summed E-state index contributed by atoms with van der Waals surface area (Å²) in [4.78, 5) is 2.73. The maximum absolute atomic E-state index is 3.69. The third kappa shape index (κ3) is 2.43. The quantitative estimate of drug-likeness (QED) is 0.790. The molecule has 1 heterocycles. The largest absolute Gasteiger partial charge is 0.312 e. The summed E-state index contributed by atoms with van der Waals surface area (Å²) in [6.07, 6.45) is 5.61. The highest BCUT2D eigenvalue weighted by Gasteiger charge is 2.37. The third-order valence-electron chi connectivity index (χ3n) is 4.70. The van der Waals surface area contributed by atoms with Gasteiger partial charge in [0.2, 0.25) is 0 Å². The number of hydrogen-bond donors (Lipinski definition) is 1. The van der Waals surface area contributed by atoms with Crippen LogP contribution in [0.4, 0.5) is 0 Å². The van der Waals surface area contributed by atoms with Gasteiger partial charge in [0.15, 0.2) is 0 Å². The van der Waals surface area contributed by atoms with Gasteiger partial charge in [0.25, 0.3) is 0 Å². The molecule has 0 spiro atoms. The first-order valence-corrected chi connectivity index (χ1v) is 7.00. The van der Waals surface area contributed by atoms with E-state index in [1.54, 1.807) is 0 Å². The zero-order valence-corrected chi connectivity index (χ0v) is 11.4. The smallest absolute Gasteiger partial charge is 0.0246 e. The second kappa shape index (κ2) is 4.66. The van der Waals surface area contributed by atoms with Crippen molar-refractivity contribution < 1.29 is 0 Å². The Kier molecular flexibility index (Phi) is 3.60. The van der Waals surface area contributed by atoms with Crippen LogP contribution >= 0.6 is 0 Å². The monoisotopic (exact) mass is 224 g/mol. The summed E-state index contributed by atoms with van der Waals surface area (Å²) < 4.78 is 0. The SMILES string of the molecule is CC(C)N(CC1NCCC1(C)C)C1CCC1. The van der Waals surface area contributed by atoms with Crippen molar-refractivity contribution in [3.8, 4) is 0 Å². The first-order chi connectivity index (χ1) is 7.50. The van der Waals surface area contributed by atoms with Gasteiger partial charge in [-0.3, -0.25) is 4.90 Å². The van der Waals surface area contributed by atoms with Gasteiger partial charge < -0.3 is 5.32 Å². The molecule has 2 fully saturated rings. The molecule has 2 aliphatic rings. The van der Waals surface area contributed by atoms with E-state index in [0.717, 1.165) is 6.04 Å². The molecule has 0 radical (unpaired) electrons. The first-order valence-electron chi connectivity index (χ1n) is 7.00. The lowest BCUT2D eigenvalue weighted by Gasteiger charge is -2.43. The predicted molar refractivity (Wildman–Crippen MR) is 69.7 cm³/mol. The molecule has 1 aliphatic carbocycles. The van der Waals surface area contributed by atoms with E-state index in [4.69, 9.17) is 0 Å². The van der Waals surface area contributed by atoms with E-state index in [2.05, 4.69) is 37.9 Å². The standard InChI is InChI=1S/C14H28N2/c1-11(2)16(12-6-5-7-12)10-13-14(3,4)8-9-15-13/h11-13,15H,5-10H2,1-4H3. The summed E-state index contributed by atoms with van der Waals surface area (Å²) in [7, 11) is 0. The summed E-state index contributed by atoms with van der Waals surface area (Å²) >= 11 is 0. The first kappa shape index (κ1) is 12.4. The third-order valence-corrected chi connectivity index (χ3v) is 4.70. The van der Waals surface area contributed by atoms with Crippen molar-refractivity contribution >= 4 is 0 Å². The van der Waals surface area contributed by atoms with Crippen LogP contribution in [0, 0.1) is 5.41 Å². The van der Waals surface area contributed by atoms with E-state index in [-0.39, 0.29) is 0 Å². The second-order valence-corrected chi connectivity index (χ2v) is 6.62. The van der Waals surface area contributed by atoms with Gasteiger partial charge in [0.05, 0.1) is 0 Å². The van der Waals surface area contributed by atoms with E-state index in [1.807, 2.05) is 0 Å². The van der Waals surface area contributed by atoms with Gasteiger partial charge >= 0.3 is 0 Å². The normalized spacial score (nSPS) is 30.0. The van der Waals surface area contributed by atoms with Gasteiger partial charge in [0, 0.05) is 24.7 Å². The molecule has 2 nitrogen and oxygen atoms in total. The molecule has 1 N–H and O–H groups in total. The average Bonchev–Trinajstić information content (AvgIpc) is 2.41. The van der Waals surface area contributed by atoms with Crippen LogP contribution in [-0.2, 0) is 0 Å². The molecule has 1 aliphatic heterocycles. The van der Waals surface area contributed by atoms with Gasteiger partial charge in [-0.05, 0) is 45.1 Å². The fourth-order valence-corrected chi connectivity index (χ4v) is 3.04. The molecule has 0 amide bonds. The fourth-order valence-electron chi connectivity index (χ4n) is 3.04. The molecule has 2 rings (SSSR count). The maximum atomic E-state index is 3.69. The summed E-state index contributed by atoms with van der Waals surface area (Å²) in [6, 6.07) is 2.26. The molecular weight excluding hydrogens is 196 g/mol. The van der Waals surface area contributed by atoms with Crippen LogP contribution in [0.1, 0.15) is 53.4 Å². The van der Waals surface area contributed by atoms with E-state index >= 15 is 0 Å². The Balaban J connectivity index is 1.94. The number of rotatable bonds is 4. The highest BCUT2D eigenvalue weighted by Crippen LogP contribution is 2.33. The number of nitrogens with one attached hydrogen (secondary N) is 1. The minimum atomic E-state index is 0.483. The molecular formula is C14H28N2. The lowest BCUT2D eigenvalue weighted by molar-refractivity contribution is 0.0704. The van der Waals surface area contributed by atoms with Crippen LogP contribution in [0.15, 0.2) is 0 Å². The average molecular weight is 224 g/mol. The van der Waals surface area contributed by atoms with Crippen LogP contribution in [0.25, 0.3) is 0 Å². The Bertz CT molecular complexity index is 231. The highest BCUT2D eigenvalue weighted by molar-refractivity contribution is 4.95. The van der Waals surface area contributed by atoms with Crippen LogP contribution in [0.3, 0.4) is 0 Å². The predicted octanol–water partition coefficient (Wildman–Crippen LogP) is 2.64. The van der Waals surface area contributed by atoms with Crippen molar-refractivity contribution in [2.24, 2.45) is 5.41 Å². The second-order valence-electron chi connectivity index (χ2n) is 6.62. The van der Waals surface area contributed by atoms with Crippen molar-refractivity contribution in [3.05, 3.63) is 0 Å². The Morgan fingerprint density at radius 1 is 1.31 bits per heavy atom. The van der Waals surface area contributed by atoms with Crippen LogP contribution in [-0.4, -0.2) is 36.1 Å². The molecule has 0 aromatic heterocycles.